The first kappa shape index (κ1) is 15.1. The molecule has 0 bridgehead atoms. The Labute approximate surface area is 109 Å². The molecule has 0 N–H and O–H groups in total. The van der Waals surface area contributed by atoms with E-state index in [1.54, 1.807) is 0 Å². The second-order valence-electron chi connectivity index (χ2n) is 6.34. The maximum Gasteiger partial charge on any atom is 0.269 e. The van der Waals surface area contributed by atoms with Gasteiger partial charge in [0.1, 0.15) is 6.42 Å². The summed E-state index contributed by atoms with van der Waals surface area (Å²) in [6.45, 7) is 14.1. The van der Waals surface area contributed by atoms with Crippen LogP contribution in [0.25, 0.3) is 0 Å². The Balaban J connectivity index is 2.81. The van der Waals surface area contributed by atoms with E-state index >= 15 is 0 Å². The average molecular weight is 254 g/mol. The van der Waals surface area contributed by atoms with Crippen LogP contribution in [-0.2, 0) is 4.43 Å². The van der Waals surface area contributed by atoms with Gasteiger partial charge >= 0.3 is 0 Å². The van der Waals surface area contributed by atoms with Crippen molar-refractivity contribution < 1.29 is 4.43 Å². The minimum atomic E-state index is -1.68. The highest BCUT2D eigenvalue weighted by Crippen LogP contribution is 2.45. The quantitative estimate of drug-likeness (QED) is 0.466. The van der Waals surface area contributed by atoms with Gasteiger partial charge in [0.25, 0.3) is 8.32 Å². The molecular weight excluding hydrogens is 224 g/mol. The molecule has 2 heteroatoms. The van der Waals surface area contributed by atoms with Crippen LogP contribution in [0, 0.1) is 12.5 Å². The van der Waals surface area contributed by atoms with Crippen molar-refractivity contribution in [2.75, 3.05) is 0 Å². The molecule has 0 aromatic carbocycles. The van der Waals surface area contributed by atoms with Crippen molar-refractivity contribution in [1.29, 1.82) is 0 Å². The van der Waals surface area contributed by atoms with Crippen LogP contribution in [-0.4, -0.2) is 8.32 Å². The monoisotopic (exact) mass is 254 g/mol. The lowest BCUT2D eigenvalue weighted by atomic mass is 9.98. The Kier molecular flexibility index (Phi) is 5.58. The van der Waals surface area contributed by atoms with Crippen molar-refractivity contribution in [3.05, 3.63) is 12.5 Å². The Morgan fingerprint density at radius 3 is 1.82 bits per heavy atom. The second kappa shape index (κ2) is 6.28. The van der Waals surface area contributed by atoms with Crippen molar-refractivity contribution in [3.8, 4) is 0 Å². The number of hydrogen-bond donors (Lipinski definition) is 0. The van der Waals surface area contributed by atoms with Gasteiger partial charge in [0.2, 0.25) is 6.10 Å². The van der Waals surface area contributed by atoms with Gasteiger partial charge in [0.15, 0.2) is 6.42 Å². The van der Waals surface area contributed by atoms with E-state index < -0.39 is 8.32 Å². The van der Waals surface area contributed by atoms with Crippen LogP contribution in [0.3, 0.4) is 0 Å². The minimum absolute atomic E-state index is 0.685. The summed E-state index contributed by atoms with van der Waals surface area (Å²) in [6, 6.07) is 0. The summed E-state index contributed by atoms with van der Waals surface area (Å²) in [5.41, 5.74) is 2.06. The molecule has 1 radical (unpaired) electrons. The zero-order chi connectivity index (χ0) is 13.1. The SMILES string of the molecule is CC(C)[Si](O[C+]1[CH]CCCC1)(C(C)C)C(C)C. The first-order chi connectivity index (χ1) is 7.91. The van der Waals surface area contributed by atoms with E-state index in [0.717, 1.165) is 0 Å². The molecule has 1 rings (SSSR count). The molecule has 0 unspecified atom stereocenters. The molecule has 0 amide bonds. The van der Waals surface area contributed by atoms with Crippen molar-refractivity contribution in [2.24, 2.45) is 0 Å². The van der Waals surface area contributed by atoms with Crippen molar-refractivity contribution in [2.45, 2.75) is 83.8 Å². The predicted molar refractivity (Wildman–Crippen MR) is 78.1 cm³/mol. The van der Waals surface area contributed by atoms with Gasteiger partial charge in [-0.3, -0.25) is 0 Å². The van der Waals surface area contributed by atoms with Crippen molar-refractivity contribution >= 4 is 8.32 Å². The van der Waals surface area contributed by atoms with Gasteiger partial charge < -0.3 is 0 Å². The highest BCUT2D eigenvalue weighted by atomic mass is 28.4. The van der Waals surface area contributed by atoms with Crippen molar-refractivity contribution in [1.82, 2.24) is 0 Å². The second-order valence-corrected chi connectivity index (χ2v) is 11.7. The van der Waals surface area contributed by atoms with Crippen LogP contribution < -0.4 is 0 Å². The van der Waals surface area contributed by atoms with Gasteiger partial charge in [-0.2, -0.15) is 0 Å². The average Bonchev–Trinajstić information content (AvgIpc) is 2.25. The number of hydrogen-bond acceptors (Lipinski definition) is 1. The molecule has 0 heterocycles. The van der Waals surface area contributed by atoms with Gasteiger partial charge in [0.05, 0.1) is 0 Å². The van der Waals surface area contributed by atoms with Crippen LogP contribution in [0.15, 0.2) is 0 Å². The third kappa shape index (κ3) is 3.28. The summed E-state index contributed by atoms with van der Waals surface area (Å²) < 4.78 is 6.66. The molecule has 0 saturated heterocycles. The lowest BCUT2D eigenvalue weighted by molar-refractivity contribution is 0.267. The molecule has 0 atom stereocenters. The summed E-state index contributed by atoms with van der Waals surface area (Å²) in [5.74, 6) is 0. The fraction of sp³-hybridized carbons (Fsp3) is 0.867. The summed E-state index contributed by atoms with van der Waals surface area (Å²) in [7, 11) is -1.68. The van der Waals surface area contributed by atoms with Gasteiger partial charge in [0, 0.05) is 0 Å². The van der Waals surface area contributed by atoms with Crippen LogP contribution in [0.5, 0.6) is 0 Å². The summed E-state index contributed by atoms with van der Waals surface area (Å²) in [4.78, 5) is 0. The molecule has 1 aliphatic rings. The summed E-state index contributed by atoms with van der Waals surface area (Å²) in [5, 5.41) is 0. The Bertz CT molecular complexity index is 195. The molecule has 0 aliphatic heterocycles. The highest BCUT2D eigenvalue weighted by molar-refractivity contribution is 6.77. The first-order valence-electron chi connectivity index (χ1n) is 7.29. The van der Waals surface area contributed by atoms with Crippen LogP contribution in [0.2, 0.25) is 16.6 Å². The van der Waals surface area contributed by atoms with Crippen LogP contribution >= 0.6 is 0 Å². The third-order valence-electron chi connectivity index (χ3n) is 4.26. The lowest BCUT2D eigenvalue weighted by Gasteiger charge is -2.39. The van der Waals surface area contributed by atoms with Gasteiger partial charge in [-0.25, -0.2) is 4.43 Å². The number of rotatable bonds is 5. The highest BCUT2D eigenvalue weighted by Gasteiger charge is 2.52. The zero-order valence-electron chi connectivity index (χ0n) is 12.5. The Morgan fingerprint density at radius 1 is 0.941 bits per heavy atom. The van der Waals surface area contributed by atoms with E-state index in [-0.39, 0.29) is 0 Å². The normalized spacial score (nSPS) is 18.5. The molecule has 0 spiro atoms. The largest absolute Gasteiger partial charge is 0.269 e. The maximum absolute atomic E-state index is 6.66. The lowest BCUT2D eigenvalue weighted by Crippen LogP contribution is -2.48. The van der Waals surface area contributed by atoms with Crippen LogP contribution in [0.1, 0.15) is 67.2 Å². The van der Waals surface area contributed by atoms with Gasteiger partial charge in [-0.15, -0.1) is 0 Å². The Hall–Kier alpha value is 0.0469. The molecule has 1 fully saturated rings. The van der Waals surface area contributed by atoms with E-state index in [0.29, 0.717) is 16.6 Å². The Morgan fingerprint density at radius 2 is 1.47 bits per heavy atom. The molecule has 0 aromatic heterocycles. The fourth-order valence-corrected chi connectivity index (χ4v) is 8.83. The molecule has 17 heavy (non-hydrogen) atoms. The molecule has 1 aliphatic carbocycles. The summed E-state index contributed by atoms with van der Waals surface area (Å²) in [6.07, 6.45) is 8.68. The molecule has 1 nitrogen and oxygen atoms in total. The fourth-order valence-electron chi connectivity index (χ4n) is 3.48. The molecular formula is C15H30OSi+. The maximum atomic E-state index is 6.66. The van der Waals surface area contributed by atoms with E-state index in [1.165, 1.54) is 31.8 Å². The predicted octanol–water partition coefficient (Wildman–Crippen LogP) is 5.49. The molecule has 0 aromatic rings. The van der Waals surface area contributed by atoms with Crippen molar-refractivity contribution in [3.63, 3.8) is 0 Å². The standard InChI is InChI=1S/C15H30OSi/c1-12(2)17(13(3)4,14(5)6)16-15-10-8-7-9-11-15/h10,12-14H,7-9,11H2,1-6H3/q+1. The summed E-state index contributed by atoms with van der Waals surface area (Å²) >= 11 is 0. The van der Waals surface area contributed by atoms with E-state index in [9.17, 15) is 0 Å². The van der Waals surface area contributed by atoms with Gasteiger partial charge in [-0.1, -0.05) is 41.5 Å². The smallest absolute Gasteiger partial charge is 0.243 e. The topological polar surface area (TPSA) is 9.23 Å². The zero-order valence-corrected chi connectivity index (χ0v) is 13.5. The van der Waals surface area contributed by atoms with Crippen LogP contribution in [0.4, 0.5) is 0 Å². The molecule has 99 valence electrons. The first-order valence-corrected chi connectivity index (χ1v) is 9.43. The van der Waals surface area contributed by atoms with E-state index in [2.05, 4.69) is 48.0 Å². The van der Waals surface area contributed by atoms with E-state index in [1.807, 2.05) is 0 Å². The van der Waals surface area contributed by atoms with E-state index in [4.69, 9.17) is 4.43 Å². The third-order valence-corrected chi connectivity index (χ3v) is 10.3. The minimum Gasteiger partial charge on any atom is -0.243 e. The molecule has 1 saturated carbocycles. The van der Waals surface area contributed by atoms with Gasteiger partial charge in [-0.05, 0) is 35.9 Å².